The molecular formula is C17H28N2O6S2. The van der Waals surface area contributed by atoms with Crippen molar-refractivity contribution in [3.63, 3.8) is 0 Å². The number of carboxylic acids is 1. The Balaban J connectivity index is 2.25. The molecule has 10 heteroatoms. The fraction of sp³-hybridized carbons (Fsp3) is 0.765. The van der Waals surface area contributed by atoms with Gasteiger partial charge in [-0.15, -0.1) is 0 Å². The number of rotatable bonds is 12. The van der Waals surface area contributed by atoms with Crippen molar-refractivity contribution in [1.29, 1.82) is 0 Å². The molecule has 0 saturated carbocycles. The van der Waals surface area contributed by atoms with Crippen LogP contribution in [0.3, 0.4) is 0 Å². The lowest BCUT2D eigenvalue weighted by Gasteiger charge is -2.17. The highest BCUT2D eigenvalue weighted by atomic mass is 32.2. The number of amides is 2. The minimum atomic E-state index is -1.04. The van der Waals surface area contributed by atoms with Gasteiger partial charge in [-0.2, -0.15) is 23.5 Å². The van der Waals surface area contributed by atoms with Gasteiger partial charge in [0.2, 0.25) is 11.8 Å². The second-order valence-corrected chi connectivity index (χ2v) is 8.64. The number of ether oxygens (including phenoxy) is 1. The van der Waals surface area contributed by atoms with E-state index in [1.54, 1.807) is 11.8 Å². The van der Waals surface area contributed by atoms with E-state index in [-0.39, 0.29) is 29.8 Å². The van der Waals surface area contributed by atoms with Crippen LogP contribution in [0, 0.1) is 0 Å². The normalized spacial score (nSPS) is 21.3. The fourth-order valence-electron chi connectivity index (χ4n) is 2.59. The Labute approximate surface area is 167 Å². The van der Waals surface area contributed by atoms with E-state index in [1.165, 1.54) is 32.5 Å². The maximum absolute atomic E-state index is 11.5. The molecule has 1 heterocycles. The highest BCUT2D eigenvalue weighted by Gasteiger charge is 2.27. The molecule has 0 aromatic carbocycles. The molecule has 1 aliphatic rings. The van der Waals surface area contributed by atoms with Gasteiger partial charge in [0.1, 0.15) is 6.04 Å². The molecular weight excluding hydrogens is 392 g/mol. The van der Waals surface area contributed by atoms with E-state index in [0.29, 0.717) is 17.3 Å². The quantitative estimate of drug-likeness (QED) is 0.421. The van der Waals surface area contributed by atoms with Gasteiger partial charge in [0.15, 0.2) is 5.78 Å². The maximum Gasteiger partial charge on any atom is 0.327 e. The number of carbonyl (C=O) groups excluding carboxylic acids is 3. The molecule has 8 nitrogen and oxygen atoms in total. The summed E-state index contributed by atoms with van der Waals surface area (Å²) in [6.45, 7) is 4.15. The number of hydrogen-bond acceptors (Lipinski definition) is 7. The molecule has 0 aromatic rings. The van der Waals surface area contributed by atoms with Crippen LogP contribution in [0.1, 0.15) is 33.6 Å². The summed E-state index contributed by atoms with van der Waals surface area (Å²) in [5.74, 6) is 0.547. The Hall–Kier alpha value is -1.26. The van der Waals surface area contributed by atoms with Gasteiger partial charge >= 0.3 is 5.97 Å². The zero-order valence-electron chi connectivity index (χ0n) is 15.9. The molecule has 0 aliphatic carbocycles. The summed E-state index contributed by atoms with van der Waals surface area (Å²) in [4.78, 5) is 44.7. The summed E-state index contributed by atoms with van der Waals surface area (Å²) in [6.07, 6.45) is 1.97. The molecule has 1 saturated heterocycles. The standard InChI is InChI=1S/C17H28N2O6S2/c1-10(20)15(18-11(2)21)8-26-6-13-4-5-14(25-13)7-27-9-16(17(23)24)19-12(3)22/h13-16H,4-9H2,1-3H3,(H,18,21)(H,19,22)(H,23,24)/t13-,14+,15+,16+/m1/s1. The molecule has 0 spiro atoms. The first-order valence-electron chi connectivity index (χ1n) is 8.77. The van der Waals surface area contributed by atoms with Gasteiger partial charge in [0, 0.05) is 36.9 Å². The molecule has 1 rings (SSSR count). The third-order valence-corrected chi connectivity index (χ3v) is 6.27. The van der Waals surface area contributed by atoms with Crippen LogP contribution in [-0.2, 0) is 23.9 Å². The van der Waals surface area contributed by atoms with Crippen molar-refractivity contribution in [2.24, 2.45) is 0 Å². The number of thioether (sulfide) groups is 2. The van der Waals surface area contributed by atoms with Crippen LogP contribution >= 0.6 is 23.5 Å². The lowest BCUT2D eigenvalue weighted by atomic mass is 10.2. The summed E-state index contributed by atoms with van der Waals surface area (Å²) in [7, 11) is 0. The zero-order chi connectivity index (χ0) is 20.4. The number of nitrogens with one attached hydrogen (secondary N) is 2. The van der Waals surface area contributed by atoms with Crippen LogP contribution in [-0.4, -0.2) is 76.0 Å². The Kier molecular flexibility index (Phi) is 10.8. The van der Waals surface area contributed by atoms with Crippen LogP contribution in [0.15, 0.2) is 0 Å². The molecule has 4 atom stereocenters. The van der Waals surface area contributed by atoms with Crippen LogP contribution in [0.4, 0.5) is 0 Å². The van der Waals surface area contributed by atoms with E-state index in [0.717, 1.165) is 18.6 Å². The SMILES string of the molecule is CC(=O)N[C@@H](CSC[C@H]1CC[C@@H](CSC[C@H](NC(C)=O)C(=O)O)O1)C(C)=O. The zero-order valence-corrected chi connectivity index (χ0v) is 17.5. The average Bonchev–Trinajstić information content (AvgIpc) is 2.99. The predicted molar refractivity (Wildman–Crippen MR) is 106 cm³/mol. The first kappa shape index (κ1) is 23.8. The number of hydrogen-bond donors (Lipinski definition) is 3. The lowest BCUT2D eigenvalue weighted by molar-refractivity contribution is -0.140. The first-order chi connectivity index (χ1) is 12.7. The summed E-state index contributed by atoms with van der Waals surface area (Å²) < 4.78 is 5.96. The average molecular weight is 421 g/mol. The van der Waals surface area contributed by atoms with Crippen LogP contribution in [0.5, 0.6) is 0 Å². The minimum Gasteiger partial charge on any atom is -0.480 e. The van der Waals surface area contributed by atoms with Crippen molar-refractivity contribution >= 4 is 47.1 Å². The molecule has 1 fully saturated rings. The number of carbonyl (C=O) groups is 4. The number of aliphatic carboxylic acids is 1. The van der Waals surface area contributed by atoms with Gasteiger partial charge in [-0.3, -0.25) is 14.4 Å². The van der Waals surface area contributed by atoms with Gasteiger partial charge < -0.3 is 20.5 Å². The molecule has 0 bridgehead atoms. The smallest absolute Gasteiger partial charge is 0.327 e. The van der Waals surface area contributed by atoms with Gasteiger partial charge in [-0.25, -0.2) is 4.79 Å². The van der Waals surface area contributed by atoms with Crippen molar-refractivity contribution in [3.8, 4) is 0 Å². The monoisotopic (exact) mass is 420 g/mol. The third kappa shape index (κ3) is 10.0. The summed E-state index contributed by atoms with van der Waals surface area (Å²) in [5, 5.41) is 14.1. The first-order valence-corrected chi connectivity index (χ1v) is 11.1. The van der Waals surface area contributed by atoms with Crippen molar-refractivity contribution in [2.75, 3.05) is 23.0 Å². The Morgan fingerprint density at radius 2 is 1.37 bits per heavy atom. The Bertz CT molecular complexity index is 500. The van der Waals surface area contributed by atoms with Gasteiger partial charge in [0.05, 0.1) is 18.2 Å². The van der Waals surface area contributed by atoms with E-state index in [1.807, 2.05) is 0 Å². The second kappa shape index (κ2) is 12.2. The number of Topliss-reactive ketones (excluding diaryl/α,β-unsaturated/α-hetero) is 1. The van der Waals surface area contributed by atoms with Crippen molar-refractivity contribution in [1.82, 2.24) is 10.6 Å². The van der Waals surface area contributed by atoms with E-state index in [2.05, 4.69) is 10.6 Å². The van der Waals surface area contributed by atoms with Crippen molar-refractivity contribution in [2.45, 2.75) is 57.9 Å². The molecule has 154 valence electrons. The Morgan fingerprint density at radius 3 is 1.78 bits per heavy atom. The maximum atomic E-state index is 11.5. The lowest BCUT2D eigenvalue weighted by Crippen LogP contribution is -2.41. The largest absolute Gasteiger partial charge is 0.480 e. The van der Waals surface area contributed by atoms with E-state index in [9.17, 15) is 19.2 Å². The van der Waals surface area contributed by atoms with Crippen LogP contribution in [0.2, 0.25) is 0 Å². The van der Waals surface area contributed by atoms with Gasteiger partial charge in [0.25, 0.3) is 0 Å². The van der Waals surface area contributed by atoms with E-state index >= 15 is 0 Å². The summed E-state index contributed by atoms with van der Waals surface area (Å²) >= 11 is 3.03. The fourth-order valence-corrected chi connectivity index (χ4v) is 4.89. The van der Waals surface area contributed by atoms with E-state index < -0.39 is 18.1 Å². The van der Waals surface area contributed by atoms with Crippen molar-refractivity contribution < 1.29 is 29.0 Å². The second-order valence-electron chi connectivity index (χ2n) is 6.49. The minimum absolute atomic E-state index is 0.0614. The third-order valence-electron chi connectivity index (χ3n) is 3.92. The van der Waals surface area contributed by atoms with Crippen molar-refractivity contribution in [3.05, 3.63) is 0 Å². The molecule has 0 aromatic heterocycles. The summed E-state index contributed by atoms with van der Waals surface area (Å²) in [5.41, 5.74) is 0. The molecule has 27 heavy (non-hydrogen) atoms. The number of ketones is 1. The number of carboxylic acid groups (broad SMARTS) is 1. The van der Waals surface area contributed by atoms with E-state index in [4.69, 9.17) is 9.84 Å². The van der Waals surface area contributed by atoms with Crippen LogP contribution in [0.25, 0.3) is 0 Å². The molecule has 0 radical (unpaired) electrons. The Morgan fingerprint density at radius 1 is 0.926 bits per heavy atom. The van der Waals surface area contributed by atoms with Gasteiger partial charge in [-0.1, -0.05) is 0 Å². The molecule has 2 amide bonds. The highest BCUT2D eigenvalue weighted by Crippen LogP contribution is 2.25. The predicted octanol–water partition coefficient (Wildman–Crippen LogP) is 0.683. The molecule has 3 N–H and O–H groups in total. The van der Waals surface area contributed by atoms with Gasteiger partial charge in [-0.05, 0) is 19.8 Å². The van der Waals surface area contributed by atoms with Crippen LogP contribution < -0.4 is 10.6 Å². The molecule has 1 aliphatic heterocycles. The highest BCUT2D eigenvalue weighted by molar-refractivity contribution is 7.99. The topological polar surface area (TPSA) is 122 Å². The summed E-state index contributed by atoms with van der Waals surface area (Å²) in [6, 6.07) is -1.36. The molecule has 0 unspecified atom stereocenters.